The van der Waals surface area contributed by atoms with E-state index in [9.17, 15) is 0 Å². The first-order chi connectivity index (χ1) is 9.72. The first-order valence-electron chi connectivity index (χ1n) is 7.56. The fourth-order valence-electron chi connectivity index (χ4n) is 2.35. The second kappa shape index (κ2) is 7.29. The highest BCUT2D eigenvalue weighted by atomic mass is 15.2. The maximum Gasteiger partial charge on any atom is 0.203 e. The standard InChI is InChI=1S/C16H26N4/c1-4-5-8-12-20-15-10-7-6-9-14(15)18-16(20)17-11-13-19(2)3/h6-7,9-10H,4-5,8,11-13H2,1-3H3,(H,17,18). The quantitative estimate of drug-likeness (QED) is 0.750. The number of hydrogen-bond acceptors (Lipinski definition) is 3. The van der Waals surface area contributed by atoms with Gasteiger partial charge in [0, 0.05) is 19.6 Å². The molecule has 0 atom stereocenters. The first kappa shape index (κ1) is 14.9. The van der Waals surface area contributed by atoms with Crippen LogP contribution in [0.4, 0.5) is 5.95 Å². The summed E-state index contributed by atoms with van der Waals surface area (Å²) in [6, 6.07) is 8.38. The normalized spacial score (nSPS) is 11.4. The molecule has 0 unspecified atom stereocenters. The Labute approximate surface area is 121 Å². The van der Waals surface area contributed by atoms with E-state index in [1.807, 2.05) is 0 Å². The smallest absolute Gasteiger partial charge is 0.203 e. The van der Waals surface area contributed by atoms with E-state index in [0.717, 1.165) is 31.1 Å². The Hall–Kier alpha value is -1.55. The zero-order chi connectivity index (χ0) is 14.4. The van der Waals surface area contributed by atoms with Crippen LogP contribution in [0.15, 0.2) is 24.3 Å². The summed E-state index contributed by atoms with van der Waals surface area (Å²) >= 11 is 0. The SMILES string of the molecule is CCCCCn1c(NCCN(C)C)nc2ccccc21. The van der Waals surface area contributed by atoms with Crippen LogP contribution in [0.3, 0.4) is 0 Å². The molecule has 1 N–H and O–H groups in total. The minimum atomic E-state index is 0.921. The third-order valence-corrected chi connectivity index (χ3v) is 3.48. The van der Waals surface area contributed by atoms with Crippen molar-refractivity contribution in [3.05, 3.63) is 24.3 Å². The van der Waals surface area contributed by atoms with Crippen LogP contribution >= 0.6 is 0 Å². The number of rotatable bonds is 8. The number of benzene rings is 1. The summed E-state index contributed by atoms with van der Waals surface area (Å²) < 4.78 is 2.32. The van der Waals surface area contributed by atoms with Gasteiger partial charge in [-0.15, -0.1) is 0 Å². The molecule has 0 saturated carbocycles. The van der Waals surface area contributed by atoms with Gasteiger partial charge >= 0.3 is 0 Å². The van der Waals surface area contributed by atoms with E-state index >= 15 is 0 Å². The highest BCUT2D eigenvalue weighted by molar-refractivity contribution is 5.78. The molecule has 1 heterocycles. The van der Waals surface area contributed by atoms with Crippen molar-refractivity contribution in [2.24, 2.45) is 0 Å². The highest BCUT2D eigenvalue weighted by Crippen LogP contribution is 2.20. The summed E-state index contributed by atoms with van der Waals surface area (Å²) in [5.74, 6) is 1.00. The van der Waals surface area contributed by atoms with E-state index < -0.39 is 0 Å². The van der Waals surface area contributed by atoms with E-state index in [-0.39, 0.29) is 0 Å². The topological polar surface area (TPSA) is 33.1 Å². The van der Waals surface area contributed by atoms with E-state index in [2.05, 4.69) is 60.1 Å². The number of likely N-dealkylation sites (N-methyl/N-ethyl adjacent to an activating group) is 1. The molecule has 110 valence electrons. The van der Waals surface area contributed by atoms with Crippen LogP contribution in [0.1, 0.15) is 26.2 Å². The number of unbranched alkanes of at least 4 members (excludes halogenated alkanes) is 2. The average Bonchev–Trinajstić information content (AvgIpc) is 2.77. The molecule has 4 nitrogen and oxygen atoms in total. The van der Waals surface area contributed by atoms with E-state index in [1.165, 1.54) is 24.8 Å². The highest BCUT2D eigenvalue weighted by Gasteiger charge is 2.09. The Morgan fingerprint density at radius 1 is 1.20 bits per heavy atom. The Morgan fingerprint density at radius 2 is 2.00 bits per heavy atom. The van der Waals surface area contributed by atoms with E-state index in [4.69, 9.17) is 4.98 Å². The fourth-order valence-corrected chi connectivity index (χ4v) is 2.35. The lowest BCUT2D eigenvalue weighted by molar-refractivity contribution is 0.424. The fraction of sp³-hybridized carbons (Fsp3) is 0.562. The zero-order valence-electron chi connectivity index (χ0n) is 12.9. The van der Waals surface area contributed by atoms with Gasteiger partial charge in [-0.05, 0) is 32.6 Å². The molecule has 0 saturated heterocycles. The van der Waals surface area contributed by atoms with Crippen LogP contribution in [0, 0.1) is 0 Å². The van der Waals surface area contributed by atoms with Gasteiger partial charge in [0.2, 0.25) is 5.95 Å². The second-order valence-electron chi connectivity index (χ2n) is 5.51. The first-order valence-corrected chi connectivity index (χ1v) is 7.56. The molecule has 2 aromatic rings. The van der Waals surface area contributed by atoms with Gasteiger partial charge in [-0.1, -0.05) is 31.9 Å². The van der Waals surface area contributed by atoms with Crippen molar-refractivity contribution < 1.29 is 0 Å². The number of fused-ring (bicyclic) bond motifs is 1. The lowest BCUT2D eigenvalue weighted by atomic mass is 10.2. The van der Waals surface area contributed by atoms with E-state index in [1.54, 1.807) is 0 Å². The number of nitrogens with one attached hydrogen (secondary N) is 1. The predicted molar refractivity (Wildman–Crippen MR) is 86.3 cm³/mol. The van der Waals surface area contributed by atoms with Crippen molar-refractivity contribution in [2.45, 2.75) is 32.7 Å². The van der Waals surface area contributed by atoms with Crippen molar-refractivity contribution in [3.8, 4) is 0 Å². The summed E-state index contributed by atoms with van der Waals surface area (Å²) in [7, 11) is 4.18. The molecule has 20 heavy (non-hydrogen) atoms. The van der Waals surface area contributed by atoms with Gasteiger partial charge in [0.15, 0.2) is 0 Å². The molecule has 0 radical (unpaired) electrons. The minimum Gasteiger partial charge on any atom is -0.354 e. The number of nitrogens with zero attached hydrogens (tertiary/aromatic N) is 3. The third kappa shape index (κ3) is 3.73. The molecule has 1 aromatic heterocycles. The van der Waals surface area contributed by atoms with Gasteiger partial charge < -0.3 is 14.8 Å². The van der Waals surface area contributed by atoms with Crippen LogP contribution in [-0.4, -0.2) is 41.6 Å². The maximum absolute atomic E-state index is 4.72. The van der Waals surface area contributed by atoms with Gasteiger partial charge in [-0.25, -0.2) is 4.98 Å². The molecular formula is C16H26N4. The van der Waals surface area contributed by atoms with Crippen molar-refractivity contribution in [3.63, 3.8) is 0 Å². The largest absolute Gasteiger partial charge is 0.354 e. The number of hydrogen-bond donors (Lipinski definition) is 1. The van der Waals surface area contributed by atoms with Gasteiger partial charge in [0.25, 0.3) is 0 Å². The number of aromatic nitrogens is 2. The maximum atomic E-state index is 4.72. The molecule has 4 heteroatoms. The zero-order valence-corrected chi connectivity index (χ0v) is 12.9. The van der Waals surface area contributed by atoms with Gasteiger partial charge in [-0.2, -0.15) is 0 Å². The Kier molecular flexibility index (Phi) is 5.41. The molecule has 0 aliphatic heterocycles. The summed E-state index contributed by atoms with van der Waals surface area (Å²) in [5, 5.41) is 3.47. The number of aryl methyl sites for hydroxylation is 1. The Balaban J connectivity index is 2.15. The van der Waals surface area contributed by atoms with Crippen LogP contribution in [0.2, 0.25) is 0 Å². The number of imidazole rings is 1. The molecule has 0 bridgehead atoms. The molecule has 2 rings (SSSR count). The molecule has 0 aliphatic rings. The number of para-hydroxylation sites is 2. The minimum absolute atomic E-state index is 0.921. The van der Waals surface area contributed by atoms with Crippen molar-refractivity contribution in [1.82, 2.24) is 14.5 Å². The van der Waals surface area contributed by atoms with Gasteiger partial charge in [-0.3, -0.25) is 0 Å². The Morgan fingerprint density at radius 3 is 2.75 bits per heavy atom. The summed E-state index contributed by atoms with van der Waals surface area (Å²) in [5.41, 5.74) is 2.31. The number of anilines is 1. The predicted octanol–water partition coefficient (Wildman–Crippen LogP) is 3.20. The lowest BCUT2D eigenvalue weighted by Gasteiger charge is -2.13. The van der Waals surface area contributed by atoms with Crippen molar-refractivity contribution in [2.75, 3.05) is 32.5 Å². The van der Waals surface area contributed by atoms with Crippen LogP contribution in [0.5, 0.6) is 0 Å². The van der Waals surface area contributed by atoms with Crippen LogP contribution < -0.4 is 5.32 Å². The molecule has 0 aliphatic carbocycles. The molecule has 0 fully saturated rings. The van der Waals surface area contributed by atoms with Crippen LogP contribution in [0.25, 0.3) is 11.0 Å². The monoisotopic (exact) mass is 274 g/mol. The lowest BCUT2D eigenvalue weighted by Crippen LogP contribution is -2.22. The average molecular weight is 274 g/mol. The Bertz CT molecular complexity index is 530. The second-order valence-corrected chi connectivity index (χ2v) is 5.51. The molecule has 0 amide bonds. The molecule has 1 aromatic carbocycles. The van der Waals surface area contributed by atoms with Gasteiger partial charge in [0.05, 0.1) is 11.0 Å². The molecular weight excluding hydrogens is 248 g/mol. The third-order valence-electron chi connectivity index (χ3n) is 3.48. The summed E-state index contributed by atoms with van der Waals surface area (Å²) in [6.07, 6.45) is 3.72. The van der Waals surface area contributed by atoms with Crippen molar-refractivity contribution in [1.29, 1.82) is 0 Å². The van der Waals surface area contributed by atoms with Gasteiger partial charge in [0.1, 0.15) is 0 Å². The summed E-state index contributed by atoms with van der Waals surface area (Å²) in [4.78, 5) is 6.90. The van der Waals surface area contributed by atoms with Crippen LogP contribution in [-0.2, 0) is 6.54 Å². The van der Waals surface area contributed by atoms with E-state index in [0.29, 0.717) is 0 Å². The molecule has 0 spiro atoms. The summed E-state index contributed by atoms with van der Waals surface area (Å²) in [6.45, 7) is 5.21. The van der Waals surface area contributed by atoms with Crippen molar-refractivity contribution >= 4 is 17.0 Å².